The second-order valence-corrected chi connectivity index (χ2v) is 5.26. The highest BCUT2D eigenvalue weighted by Crippen LogP contribution is 2.31. The Morgan fingerprint density at radius 1 is 1.19 bits per heavy atom. The lowest BCUT2D eigenvalue weighted by Crippen LogP contribution is -2.02. The van der Waals surface area contributed by atoms with Crippen LogP contribution in [0.15, 0.2) is 23.6 Å². The number of aromatic carboxylic acids is 1. The summed E-state index contributed by atoms with van der Waals surface area (Å²) in [6.45, 7) is 2.20. The summed E-state index contributed by atoms with van der Waals surface area (Å²) < 4.78 is 16.1. The van der Waals surface area contributed by atoms with Crippen LogP contribution < -0.4 is 14.2 Å². The van der Waals surface area contributed by atoms with Crippen molar-refractivity contribution in [2.75, 3.05) is 14.2 Å². The van der Waals surface area contributed by atoms with Gasteiger partial charge in [0.25, 0.3) is 0 Å². The van der Waals surface area contributed by atoms with Crippen LogP contribution in [0.25, 0.3) is 0 Å². The van der Waals surface area contributed by atoms with Crippen molar-refractivity contribution in [3.05, 3.63) is 39.6 Å². The van der Waals surface area contributed by atoms with Crippen molar-refractivity contribution in [2.45, 2.75) is 13.5 Å². The molecule has 0 saturated heterocycles. The van der Waals surface area contributed by atoms with Crippen LogP contribution in [0.5, 0.6) is 17.2 Å². The average Bonchev–Trinajstić information content (AvgIpc) is 2.94. The van der Waals surface area contributed by atoms with Crippen LogP contribution in [0.2, 0.25) is 0 Å². The van der Waals surface area contributed by atoms with Gasteiger partial charge in [-0.3, -0.25) is 0 Å². The van der Waals surface area contributed by atoms with Crippen molar-refractivity contribution in [1.29, 1.82) is 0 Å². The molecule has 0 saturated carbocycles. The molecule has 1 heterocycles. The molecule has 0 fully saturated rings. The Hall–Kier alpha value is -2.21. The van der Waals surface area contributed by atoms with Gasteiger partial charge in [0.1, 0.15) is 12.4 Å². The number of thiophene rings is 1. The zero-order valence-electron chi connectivity index (χ0n) is 12.0. The molecule has 1 aromatic heterocycles. The maximum absolute atomic E-state index is 11.0. The van der Waals surface area contributed by atoms with Gasteiger partial charge < -0.3 is 19.3 Å². The molecule has 0 radical (unpaired) electrons. The quantitative estimate of drug-likeness (QED) is 0.886. The molecular weight excluding hydrogens is 292 g/mol. The molecule has 6 heteroatoms. The molecule has 0 aliphatic rings. The molecular formula is C15H16O5S. The second-order valence-electron chi connectivity index (χ2n) is 4.34. The third-order valence-electron chi connectivity index (χ3n) is 3.05. The minimum absolute atomic E-state index is 0.202. The molecule has 0 atom stereocenters. The zero-order chi connectivity index (χ0) is 15.4. The first-order valence-corrected chi connectivity index (χ1v) is 7.10. The Morgan fingerprint density at radius 2 is 1.86 bits per heavy atom. The van der Waals surface area contributed by atoms with Crippen molar-refractivity contribution in [3.63, 3.8) is 0 Å². The van der Waals surface area contributed by atoms with Crippen LogP contribution in [0, 0.1) is 6.92 Å². The van der Waals surface area contributed by atoms with E-state index in [1.54, 1.807) is 25.7 Å². The first-order chi connectivity index (χ1) is 10.1. The average molecular weight is 308 g/mol. The molecule has 0 spiro atoms. The topological polar surface area (TPSA) is 65.0 Å². The molecule has 5 nitrogen and oxygen atoms in total. The van der Waals surface area contributed by atoms with E-state index in [0.717, 1.165) is 22.5 Å². The van der Waals surface area contributed by atoms with Crippen molar-refractivity contribution >= 4 is 17.3 Å². The Morgan fingerprint density at radius 3 is 2.48 bits per heavy atom. The normalized spacial score (nSPS) is 10.2. The number of benzene rings is 1. The fourth-order valence-corrected chi connectivity index (χ4v) is 2.57. The van der Waals surface area contributed by atoms with E-state index in [0.29, 0.717) is 17.2 Å². The van der Waals surface area contributed by atoms with Crippen molar-refractivity contribution < 1.29 is 24.1 Å². The highest BCUT2D eigenvalue weighted by molar-refractivity contribution is 7.12. The second kappa shape index (κ2) is 6.49. The number of carbonyl (C=O) groups is 1. The Bertz CT molecular complexity index is 648. The molecule has 0 unspecified atom stereocenters. The highest BCUT2D eigenvalue weighted by Gasteiger charge is 2.14. The van der Waals surface area contributed by atoms with E-state index >= 15 is 0 Å². The van der Waals surface area contributed by atoms with Gasteiger partial charge in [0.15, 0.2) is 16.4 Å². The molecule has 1 N–H and O–H groups in total. The third kappa shape index (κ3) is 3.28. The largest absolute Gasteiger partial charge is 0.493 e. The molecule has 2 rings (SSSR count). The minimum atomic E-state index is -0.982. The van der Waals surface area contributed by atoms with Crippen LogP contribution in [0.1, 0.15) is 20.8 Å². The van der Waals surface area contributed by atoms with Crippen LogP contribution in [0.4, 0.5) is 0 Å². The summed E-state index contributed by atoms with van der Waals surface area (Å²) in [5.74, 6) is 0.664. The zero-order valence-corrected chi connectivity index (χ0v) is 12.8. The summed E-state index contributed by atoms with van der Waals surface area (Å²) in [4.78, 5) is 11.2. The maximum atomic E-state index is 11.0. The van der Waals surface area contributed by atoms with Gasteiger partial charge in [-0.15, -0.1) is 11.3 Å². The van der Waals surface area contributed by atoms with Gasteiger partial charge in [0, 0.05) is 0 Å². The Kier molecular flexibility index (Phi) is 4.70. The van der Waals surface area contributed by atoms with Gasteiger partial charge in [-0.25, -0.2) is 4.79 Å². The standard InChI is InChI=1S/C15H16O5S/c1-9-6-12(18-2)13(19-3)7-10(9)8-20-11-4-5-21-14(11)15(16)17/h4-7H,8H2,1-3H3,(H,16,17). The monoisotopic (exact) mass is 308 g/mol. The van der Waals surface area contributed by atoms with Crippen LogP contribution in [-0.4, -0.2) is 25.3 Å². The van der Waals surface area contributed by atoms with E-state index in [1.165, 1.54) is 0 Å². The van der Waals surface area contributed by atoms with E-state index in [-0.39, 0.29) is 11.5 Å². The molecule has 21 heavy (non-hydrogen) atoms. The number of rotatable bonds is 6. The number of carboxylic acids is 1. The van der Waals surface area contributed by atoms with Crippen molar-refractivity contribution in [1.82, 2.24) is 0 Å². The Balaban J connectivity index is 2.20. The first kappa shape index (κ1) is 15.2. The summed E-state index contributed by atoms with van der Waals surface area (Å²) in [5.41, 5.74) is 1.90. The maximum Gasteiger partial charge on any atom is 0.349 e. The summed E-state index contributed by atoms with van der Waals surface area (Å²) in [6.07, 6.45) is 0. The van der Waals surface area contributed by atoms with E-state index in [9.17, 15) is 4.79 Å². The summed E-state index contributed by atoms with van der Waals surface area (Å²) in [7, 11) is 3.15. The smallest absolute Gasteiger partial charge is 0.349 e. The predicted octanol–water partition coefficient (Wildman–Crippen LogP) is 3.35. The number of aryl methyl sites for hydroxylation is 1. The molecule has 0 aliphatic carbocycles. The SMILES string of the molecule is COc1cc(C)c(COc2ccsc2C(=O)O)cc1OC. The molecule has 112 valence electrons. The van der Waals surface area contributed by atoms with Gasteiger partial charge in [0.05, 0.1) is 14.2 Å². The summed E-state index contributed by atoms with van der Waals surface area (Å²) in [5, 5.41) is 10.7. The van der Waals surface area contributed by atoms with Crippen LogP contribution in [0.3, 0.4) is 0 Å². The first-order valence-electron chi connectivity index (χ1n) is 6.22. The minimum Gasteiger partial charge on any atom is -0.493 e. The molecule has 1 aromatic carbocycles. The van der Waals surface area contributed by atoms with E-state index in [1.807, 2.05) is 19.1 Å². The van der Waals surface area contributed by atoms with Crippen LogP contribution >= 0.6 is 11.3 Å². The van der Waals surface area contributed by atoms with Gasteiger partial charge in [0.2, 0.25) is 0 Å². The van der Waals surface area contributed by atoms with Gasteiger partial charge in [-0.05, 0) is 41.6 Å². The van der Waals surface area contributed by atoms with E-state index in [4.69, 9.17) is 19.3 Å². The number of hydrogen-bond acceptors (Lipinski definition) is 5. The molecule has 2 aromatic rings. The fourth-order valence-electron chi connectivity index (χ4n) is 1.90. The highest BCUT2D eigenvalue weighted by atomic mass is 32.1. The number of carboxylic acid groups (broad SMARTS) is 1. The van der Waals surface area contributed by atoms with Crippen molar-refractivity contribution in [3.8, 4) is 17.2 Å². The fraction of sp³-hybridized carbons (Fsp3) is 0.267. The Labute approximate surface area is 126 Å². The van der Waals surface area contributed by atoms with Gasteiger partial charge >= 0.3 is 5.97 Å². The van der Waals surface area contributed by atoms with E-state index < -0.39 is 5.97 Å². The lowest BCUT2D eigenvalue weighted by atomic mass is 10.1. The van der Waals surface area contributed by atoms with Crippen molar-refractivity contribution in [2.24, 2.45) is 0 Å². The molecule has 0 amide bonds. The van der Waals surface area contributed by atoms with E-state index in [2.05, 4.69) is 0 Å². The van der Waals surface area contributed by atoms with Gasteiger partial charge in [-0.2, -0.15) is 0 Å². The molecule has 0 aliphatic heterocycles. The number of hydrogen-bond donors (Lipinski definition) is 1. The summed E-state index contributed by atoms with van der Waals surface area (Å²) >= 11 is 1.14. The number of ether oxygens (including phenoxy) is 3. The van der Waals surface area contributed by atoms with Gasteiger partial charge in [-0.1, -0.05) is 0 Å². The summed E-state index contributed by atoms with van der Waals surface area (Å²) in [6, 6.07) is 5.36. The van der Waals surface area contributed by atoms with Crippen LogP contribution in [-0.2, 0) is 6.61 Å². The third-order valence-corrected chi connectivity index (χ3v) is 3.93. The lowest BCUT2D eigenvalue weighted by molar-refractivity contribution is 0.0697. The number of methoxy groups -OCH3 is 2. The predicted molar refractivity (Wildman–Crippen MR) is 79.9 cm³/mol. The lowest BCUT2D eigenvalue weighted by Gasteiger charge is -2.13. The molecule has 0 bridgehead atoms.